The van der Waals surface area contributed by atoms with Crippen LogP contribution in [0.2, 0.25) is 0 Å². The van der Waals surface area contributed by atoms with Crippen LogP contribution in [0.1, 0.15) is 22.0 Å². The first-order valence-electron chi connectivity index (χ1n) is 4.88. The number of ether oxygens (including phenoxy) is 3. The van der Waals surface area contributed by atoms with Crippen molar-refractivity contribution in [2.24, 2.45) is 5.73 Å². The lowest BCUT2D eigenvalue weighted by molar-refractivity contribution is 0.0401. The Hall–Kier alpha value is -1.27. The van der Waals surface area contributed by atoms with Crippen molar-refractivity contribution in [1.29, 1.82) is 0 Å². The predicted octanol–water partition coefficient (Wildman–Crippen LogP) is 1.45. The van der Waals surface area contributed by atoms with Crippen LogP contribution in [-0.2, 0) is 4.74 Å². The van der Waals surface area contributed by atoms with Gasteiger partial charge in [0.2, 0.25) is 0 Å². The molecule has 17 heavy (non-hydrogen) atoms. The van der Waals surface area contributed by atoms with Crippen LogP contribution in [-0.4, -0.2) is 26.7 Å². The fraction of sp³-hybridized carbons (Fsp3) is 0.364. The molecule has 0 saturated carbocycles. The van der Waals surface area contributed by atoms with E-state index in [1.165, 1.54) is 14.2 Å². The van der Waals surface area contributed by atoms with E-state index >= 15 is 0 Å². The van der Waals surface area contributed by atoms with Crippen molar-refractivity contribution >= 4 is 23.0 Å². The number of nitrogens with two attached hydrogens (primary N) is 1. The molecule has 0 saturated heterocycles. The Balaban J connectivity index is 0.00000144. The predicted molar refractivity (Wildman–Crippen MR) is 67.1 cm³/mol. The van der Waals surface area contributed by atoms with Crippen molar-refractivity contribution < 1.29 is 19.0 Å². The van der Waals surface area contributed by atoms with Crippen LogP contribution in [0.25, 0.3) is 0 Å². The average molecular weight is 304 g/mol. The summed E-state index contributed by atoms with van der Waals surface area (Å²) in [4.78, 5) is 11.7. The van der Waals surface area contributed by atoms with Gasteiger partial charge in [0.05, 0.1) is 14.2 Å². The molecular weight excluding hydrogens is 290 g/mol. The second kappa shape index (κ2) is 5.37. The molecule has 0 fully saturated rings. The van der Waals surface area contributed by atoms with E-state index in [9.17, 15) is 4.79 Å². The summed E-state index contributed by atoms with van der Waals surface area (Å²) in [7, 11) is 3.01. The second-order valence-corrected chi connectivity index (χ2v) is 3.39. The normalized spacial score (nSPS) is 16.9. The lowest BCUT2D eigenvalue weighted by atomic mass is 10.0. The molecule has 1 unspecified atom stereocenters. The molecule has 1 aromatic rings. The van der Waals surface area contributed by atoms with Crippen molar-refractivity contribution in [1.82, 2.24) is 0 Å². The molecule has 0 aromatic heterocycles. The Morgan fingerprint density at radius 3 is 2.59 bits per heavy atom. The van der Waals surface area contributed by atoms with Gasteiger partial charge in [0.25, 0.3) is 0 Å². The summed E-state index contributed by atoms with van der Waals surface area (Å²) in [5.41, 5.74) is 6.69. The number of hydrogen-bond acceptors (Lipinski definition) is 5. The van der Waals surface area contributed by atoms with Crippen LogP contribution in [0.15, 0.2) is 12.1 Å². The molecule has 1 heterocycles. The molecule has 0 amide bonds. The van der Waals surface area contributed by atoms with E-state index < -0.39 is 5.97 Å². The maximum Gasteiger partial charge on any atom is 0.343 e. The number of benzene rings is 1. The van der Waals surface area contributed by atoms with Gasteiger partial charge in [-0.2, -0.15) is 0 Å². The summed E-state index contributed by atoms with van der Waals surface area (Å²) >= 11 is 0. The van der Waals surface area contributed by atoms with Gasteiger partial charge in [0.1, 0.15) is 11.7 Å². The lowest BCUT2D eigenvalue weighted by Crippen LogP contribution is -2.11. The van der Waals surface area contributed by atoms with Crippen molar-refractivity contribution in [3.05, 3.63) is 23.3 Å². The molecule has 1 aliphatic heterocycles. The smallest absolute Gasteiger partial charge is 0.343 e. The standard InChI is InChI=1S/C11H13NO4.BrH/c1-14-7-4-3-6-8(5-12)16-11(13)9(6)10(7)15-2;/h3-4,8H,5,12H2,1-2H3;1H. The van der Waals surface area contributed by atoms with E-state index in [0.29, 0.717) is 17.1 Å². The highest BCUT2D eigenvalue weighted by Crippen LogP contribution is 2.41. The zero-order valence-electron chi connectivity index (χ0n) is 9.56. The zero-order chi connectivity index (χ0) is 11.7. The van der Waals surface area contributed by atoms with E-state index in [1.54, 1.807) is 12.1 Å². The first kappa shape index (κ1) is 13.8. The van der Waals surface area contributed by atoms with Gasteiger partial charge in [-0.25, -0.2) is 4.79 Å². The number of hydrogen-bond donors (Lipinski definition) is 1. The SMILES string of the molecule is Br.COc1ccc2c(c1OC)C(=O)OC2CN. The van der Waals surface area contributed by atoms with E-state index in [-0.39, 0.29) is 29.6 Å². The summed E-state index contributed by atoms with van der Waals surface area (Å²) < 4.78 is 15.4. The fourth-order valence-corrected chi connectivity index (χ4v) is 1.85. The average Bonchev–Trinajstić information content (AvgIpc) is 2.65. The minimum atomic E-state index is -0.416. The van der Waals surface area contributed by atoms with E-state index in [2.05, 4.69) is 0 Å². The van der Waals surface area contributed by atoms with Crippen molar-refractivity contribution in [2.75, 3.05) is 20.8 Å². The molecule has 1 aliphatic rings. The molecule has 1 atom stereocenters. The Kier molecular flexibility index (Phi) is 4.36. The highest BCUT2D eigenvalue weighted by molar-refractivity contribution is 8.93. The largest absolute Gasteiger partial charge is 0.493 e. The number of carbonyl (C=O) groups excluding carboxylic acids is 1. The van der Waals surface area contributed by atoms with Crippen LogP contribution in [0, 0.1) is 0 Å². The number of fused-ring (bicyclic) bond motifs is 1. The molecule has 2 rings (SSSR count). The lowest BCUT2D eigenvalue weighted by Gasteiger charge is -2.10. The third-order valence-corrected chi connectivity index (χ3v) is 2.59. The molecule has 2 N–H and O–H groups in total. The van der Waals surface area contributed by atoms with Gasteiger partial charge in [0, 0.05) is 12.1 Å². The van der Waals surface area contributed by atoms with Crippen LogP contribution in [0.4, 0.5) is 0 Å². The quantitative estimate of drug-likeness (QED) is 0.856. The Morgan fingerprint density at radius 1 is 1.35 bits per heavy atom. The zero-order valence-corrected chi connectivity index (χ0v) is 11.3. The molecule has 5 nitrogen and oxygen atoms in total. The summed E-state index contributed by atoms with van der Waals surface area (Å²) in [5, 5.41) is 0. The number of esters is 1. The van der Waals surface area contributed by atoms with Gasteiger partial charge in [-0.3, -0.25) is 0 Å². The number of cyclic esters (lactones) is 1. The molecule has 94 valence electrons. The van der Waals surface area contributed by atoms with E-state index in [1.807, 2.05) is 0 Å². The maximum atomic E-state index is 11.7. The third-order valence-electron chi connectivity index (χ3n) is 2.59. The Bertz CT molecular complexity index is 436. The molecule has 0 bridgehead atoms. The monoisotopic (exact) mass is 303 g/mol. The number of rotatable bonds is 3. The third kappa shape index (κ3) is 2.10. The van der Waals surface area contributed by atoms with Crippen LogP contribution >= 0.6 is 17.0 Å². The van der Waals surface area contributed by atoms with Crippen molar-refractivity contribution in [3.63, 3.8) is 0 Å². The highest BCUT2D eigenvalue weighted by Gasteiger charge is 2.34. The molecule has 1 aromatic carbocycles. The first-order valence-corrected chi connectivity index (χ1v) is 4.88. The van der Waals surface area contributed by atoms with Crippen molar-refractivity contribution in [3.8, 4) is 11.5 Å². The number of carbonyl (C=O) groups is 1. The van der Waals surface area contributed by atoms with Crippen LogP contribution < -0.4 is 15.2 Å². The summed E-state index contributed by atoms with van der Waals surface area (Å²) in [6.45, 7) is 0.258. The summed E-state index contributed by atoms with van der Waals surface area (Å²) in [6.07, 6.45) is -0.387. The topological polar surface area (TPSA) is 70.8 Å². The highest BCUT2D eigenvalue weighted by atomic mass is 79.9. The minimum absolute atomic E-state index is 0. The maximum absolute atomic E-state index is 11.7. The van der Waals surface area contributed by atoms with Gasteiger partial charge in [-0.15, -0.1) is 17.0 Å². The van der Waals surface area contributed by atoms with Gasteiger partial charge >= 0.3 is 5.97 Å². The van der Waals surface area contributed by atoms with Gasteiger partial charge < -0.3 is 19.9 Å². The van der Waals surface area contributed by atoms with Crippen molar-refractivity contribution in [2.45, 2.75) is 6.10 Å². The molecule has 0 aliphatic carbocycles. The molecule has 6 heteroatoms. The molecule has 0 radical (unpaired) electrons. The number of halogens is 1. The summed E-state index contributed by atoms with van der Waals surface area (Å²) in [6, 6.07) is 3.52. The molecule has 0 spiro atoms. The molecular formula is C11H14BrNO4. The van der Waals surface area contributed by atoms with Crippen LogP contribution in [0.5, 0.6) is 11.5 Å². The van der Waals surface area contributed by atoms with Gasteiger partial charge in [-0.1, -0.05) is 6.07 Å². The fourth-order valence-electron chi connectivity index (χ4n) is 1.85. The van der Waals surface area contributed by atoms with E-state index in [0.717, 1.165) is 5.56 Å². The Morgan fingerprint density at radius 2 is 2.06 bits per heavy atom. The Labute approximate surface area is 110 Å². The summed E-state index contributed by atoms with van der Waals surface area (Å²) in [5.74, 6) is 0.498. The first-order chi connectivity index (χ1) is 7.72. The second-order valence-electron chi connectivity index (χ2n) is 3.39. The number of methoxy groups -OCH3 is 2. The van der Waals surface area contributed by atoms with Gasteiger partial charge in [0.15, 0.2) is 11.5 Å². The van der Waals surface area contributed by atoms with Gasteiger partial charge in [-0.05, 0) is 6.07 Å². The minimum Gasteiger partial charge on any atom is -0.493 e. The van der Waals surface area contributed by atoms with E-state index in [4.69, 9.17) is 19.9 Å². The van der Waals surface area contributed by atoms with Crippen LogP contribution in [0.3, 0.4) is 0 Å².